The van der Waals surface area contributed by atoms with Gasteiger partial charge in [-0.05, 0) is 53.5 Å². The van der Waals surface area contributed by atoms with Crippen LogP contribution in [0.5, 0.6) is 0 Å². The van der Waals surface area contributed by atoms with Crippen molar-refractivity contribution in [2.24, 2.45) is 0 Å². The molecule has 0 aromatic carbocycles. The first-order chi connectivity index (χ1) is 7.87. The van der Waals surface area contributed by atoms with Crippen molar-refractivity contribution < 1.29 is 9.53 Å². The van der Waals surface area contributed by atoms with Gasteiger partial charge in [-0.1, -0.05) is 0 Å². The Morgan fingerprint density at radius 3 is 2.76 bits per heavy atom. The van der Waals surface area contributed by atoms with Crippen LogP contribution in [0, 0.1) is 0 Å². The normalized spacial score (nSPS) is 22.2. The van der Waals surface area contributed by atoms with Crippen molar-refractivity contribution in [1.82, 2.24) is 16.2 Å². The molecule has 1 saturated heterocycles. The number of nitrogens with one attached hydrogen (secondary N) is 3. The zero-order valence-corrected chi connectivity index (χ0v) is 11.3. The summed E-state index contributed by atoms with van der Waals surface area (Å²) in [6, 6.07) is 0.802. The number of hydrogen-bond donors (Lipinski definition) is 3. The Bertz CT molecular complexity index is 245. The second kappa shape index (κ2) is 6.21. The van der Waals surface area contributed by atoms with Gasteiger partial charge in [-0.2, -0.15) is 0 Å². The first-order valence-electron chi connectivity index (χ1n) is 6.35. The maximum absolute atomic E-state index is 11.4. The second-order valence-corrected chi connectivity index (χ2v) is 5.70. The van der Waals surface area contributed by atoms with E-state index in [4.69, 9.17) is 4.74 Å². The fourth-order valence-electron chi connectivity index (χ4n) is 1.93. The van der Waals surface area contributed by atoms with Gasteiger partial charge in [-0.3, -0.25) is 5.43 Å². The van der Waals surface area contributed by atoms with E-state index >= 15 is 0 Å². The van der Waals surface area contributed by atoms with E-state index < -0.39 is 11.7 Å². The van der Waals surface area contributed by atoms with Gasteiger partial charge >= 0.3 is 6.09 Å². The van der Waals surface area contributed by atoms with Crippen LogP contribution in [0.1, 0.15) is 47.0 Å². The molecule has 1 heterocycles. The Morgan fingerprint density at radius 2 is 2.24 bits per heavy atom. The zero-order valence-electron chi connectivity index (χ0n) is 11.3. The standard InChI is InChI=1S/C12H25N3O2/c1-9(8-10-6-5-7-13-10)14-15-11(16)17-12(2,3)4/h9-10,13-14H,5-8H2,1-4H3,(H,15,16). The Balaban J connectivity index is 2.14. The van der Waals surface area contributed by atoms with Crippen LogP contribution in [0.15, 0.2) is 0 Å². The van der Waals surface area contributed by atoms with Crippen LogP contribution in [0.25, 0.3) is 0 Å². The van der Waals surface area contributed by atoms with Crippen molar-refractivity contribution >= 4 is 6.09 Å². The molecule has 0 radical (unpaired) electrons. The van der Waals surface area contributed by atoms with Crippen LogP contribution >= 0.6 is 0 Å². The van der Waals surface area contributed by atoms with Gasteiger partial charge in [0.05, 0.1) is 0 Å². The molecule has 1 aliphatic heterocycles. The Hall–Kier alpha value is -0.810. The van der Waals surface area contributed by atoms with Crippen LogP contribution in [0.4, 0.5) is 4.79 Å². The third kappa shape index (κ3) is 6.48. The molecule has 2 unspecified atom stereocenters. The smallest absolute Gasteiger partial charge is 0.422 e. The molecule has 1 aliphatic rings. The summed E-state index contributed by atoms with van der Waals surface area (Å²) in [5.41, 5.74) is 5.08. The maximum Gasteiger partial charge on any atom is 0.422 e. The second-order valence-electron chi connectivity index (χ2n) is 5.70. The highest BCUT2D eigenvalue weighted by molar-refractivity contribution is 5.66. The Labute approximate surface area is 104 Å². The summed E-state index contributed by atoms with van der Waals surface area (Å²) < 4.78 is 5.13. The van der Waals surface area contributed by atoms with E-state index in [9.17, 15) is 4.79 Å². The van der Waals surface area contributed by atoms with Crippen molar-refractivity contribution in [1.29, 1.82) is 0 Å². The maximum atomic E-state index is 11.4. The number of rotatable bonds is 4. The third-order valence-electron chi connectivity index (χ3n) is 2.62. The zero-order chi connectivity index (χ0) is 12.9. The highest BCUT2D eigenvalue weighted by atomic mass is 16.6. The number of ether oxygens (including phenoxy) is 1. The fraction of sp³-hybridized carbons (Fsp3) is 0.917. The van der Waals surface area contributed by atoms with Crippen molar-refractivity contribution in [2.45, 2.75) is 64.6 Å². The predicted octanol–water partition coefficient (Wildman–Crippen LogP) is 1.55. The summed E-state index contributed by atoms with van der Waals surface area (Å²) in [4.78, 5) is 11.4. The molecule has 0 aromatic rings. The molecule has 0 aromatic heterocycles. The number of carbonyl (C=O) groups excluding carboxylic acids is 1. The van der Waals surface area contributed by atoms with Crippen LogP contribution in [-0.2, 0) is 4.74 Å². The van der Waals surface area contributed by atoms with Crippen LogP contribution in [0.3, 0.4) is 0 Å². The molecular formula is C12H25N3O2. The fourth-order valence-corrected chi connectivity index (χ4v) is 1.93. The van der Waals surface area contributed by atoms with Crippen LogP contribution in [0.2, 0.25) is 0 Å². The monoisotopic (exact) mass is 243 g/mol. The molecule has 1 amide bonds. The Morgan fingerprint density at radius 1 is 1.53 bits per heavy atom. The molecule has 100 valence electrons. The molecule has 0 saturated carbocycles. The van der Waals surface area contributed by atoms with E-state index in [1.165, 1.54) is 12.8 Å². The van der Waals surface area contributed by atoms with Crippen LogP contribution < -0.4 is 16.2 Å². The van der Waals surface area contributed by atoms with Crippen LogP contribution in [-0.4, -0.2) is 30.3 Å². The van der Waals surface area contributed by atoms with E-state index in [1.807, 2.05) is 20.8 Å². The Kier molecular flexibility index (Phi) is 5.21. The lowest BCUT2D eigenvalue weighted by atomic mass is 10.1. The molecule has 0 spiro atoms. The van der Waals surface area contributed by atoms with E-state index in [2.05, 4.69) is 23.1 Å². The highest BCUT2D eigenvalue weighted by Crippen LogP contribution is 2.10. The van der Waals surface area contributed by atoms with Crippen molar-refractivity contribution in [3.8, 4) is 0 Å². The number of hydrogen-bond acceptors (Lipinski definition) is 4. The summed E-state index contributed by atoms with van der Waals surface area (Å²) >= 11 is 0. The van der Waals surface area contributed by atoms with E-state index in [0.29, 0.717) is 6.04 Å². The van der Waals surface area contributed by atoms with Gasteiger partial charge in [0.2, 0.25) is 0 Å². The molecule has 1 rings (SSSR count). The lowest BCUT2D eigenvalue weighted by molar-refractivity contribution is 0.0487. The van der Waals surface area contributed by atoms with Crippen molar-refractivity contribution in [3.05, 3.63) is 0 Å². The summed E-state index contributed by atoms with van der Waals surface area (Å²) in [6.07, 6.45) is 3.05. The molecule has 0 aliphatic carbocycles. The van der Waals surface area contributed by atoms with Gasteiger partial charge in [0.25, 0.3) is 0 Å². The number of hydrazine groups is 1. The minimum Gasteiger partial charge on any atom is -0.443 e. The predicted molar refractivity (Wildman–Crippen MR) is 67.6 cm³/mol. The minimum atomic E-state index is -0.456. The minimum absolute atomic E-state index is 0.234. The van der Waals surface area contributed by atoms with Gasteiger partial charge in [0.1, 0.15) is 5.60 Å². The summed E-state index contributed by atoms with van der Waals surface area (Å²) in [7, 11) is 0. The van der Waals surface area contributed by atoms with Gasteiger partial charge < -0.3 is 10.1 Å². The molecule has 5 nitrogen and oxygen atoms in total. The molecule has 2 atom stereocenters. The molecule has 5 heteroatoms. The van der Waals surface area contributed by atoms with Crippen molar-refractivity contribution in [3.63, 3.8) is 0 Å². The quantitative estimate of drug-likeness (QED) is 0.656. The van der Waals surface area contributed by atoms with E-state index in [-0.39, 0.29) is 6.04 Å². The van der Waals surface area contributed by atoms with Gasteiger partial charge in [-0.15, -0.1) is 0 Å². The van der Waals surface area contributed by atoms with Gasteiger partial charge in [0.15, 0.2) is 0 Å². The lowest BCUT2D eigenvalue weighted by Gasteiger charge is -2.22. The SMILES string of the molecule is CC(CC1CCCN1)NNC(=O)OC(C)(C)C. The number of carbonyl (C=O) groups is 1. The topological polar surface area (TPSA) is 62.4 Å². The summed E-state index contributed by atoms with van der Waals surface area (Å²) in [6.45, 7) is 8.70. The molecule has 0 bridgehead atoms. The van der Waals surface area contributed by atoms with Crippen molar-refractivity contribution in [2.75, 3.05) is 6.54 Å². The number of amides is 1. The van der Waals surface area contributed by atoms with Gasteiger partial charge in [0, 0.05) is 12.1 Å². The molecule has 17 heavy (non-hydrogen) atoms. The lowest BCUT2D eigenvalue weighted by Crippen LogP contribution is -2.47. The first kappa shape index (κ1) is 14.3. The highest BCUT2D eigenvalue weighted by Gasteiger charge is 2.19. The van der Waals surface area contributed by atoms with E-state index in [0.717, 1.165) is 13.0 Å². The third-order valence-corrected chi connectivity index (χ3v) is 2.62. The molecule has 3 N–H and O–H groups in total. The van der Waals surface area contributed by atoms with Gasteiger partial charge in [-0.25, -0.2) is 10.2 Å². The first-order valence-corrected chi connectivity index (χ1v) is 6.35. The van der Waals surface area contributed by atoms with E-state index in [1.54, 1.807) is 0 Å². The average Bonchev–Trinajstić information content (AvgIpc) is 2.64. The average molecular weight is 243 g/mol. The largest absolute Gasteiger partial charge is 0.443 e. The summed E-state index contributed by atoms with van der Waals surface area (Å²) in [5.74, 6) is 0. The molecular weight excluding hydrogens is 218 g/mol. The summed E-state index contributed by atoms with van der Waals surface area (Å²) in [5, 5.41) is 3.43. The molecule has 1 fully saturated rings.